The Morgan fingerprint density at radius 1 is 1.07 bits per heavy atom. The largest absolute Gasteiger partial charge is 0.312 e. The number of benzene rings is 2. The number of amides is 3. The Hall–Kier alpha value is -2.57. The highest BCUT2D eigenvalue weighted by Gasteiger charge is 2.35. The van der Waals surface area contributed by atoms with Crippen molar-refractivity contribution in [2.24, 2.45) is 5.92 Å². The molecule has 0 unspecified atom stereocenters. The molecular weight excluding hydrogens is 389 g/mol. The van der Waals surface area contributed by atoms with E-state index in [9.17, 15) is 14.4 Å². The van der Waals surface area contributed by atoms with Crippen LogP contribution in [-0.4, -0.2) is 24.3 Å². The summed E-state index contributed by atoms with van der Waals surface area (Å²) in [6, 6.07) is 11.6. The second-order valence-electron chi connectivity index (χ2n) is 6.29. The molecule has 27 heavy (non-hydrogen) atoms. The molecule has 1 aliphatic heterocycles. The Balaban J connectivity index is 1.59. The topological polar surface area (TPSA) is 78.5 Å². The molecule has 0 aromatic heterocycles. The van der Waals surface area contributed by atoms with Gasteiger partial charge in [0.2, 0.25) is 11.8 Å². The van der Waals surface area contributed by atoms with Gasteiger partial charge in [0.15, 0.2) is 0 Å². The maximum absolute atomic E-state index is 12.3. The van der Waals surface area contributed by atoms with Gasteiger partial charge < -0.3 is 4.90 Å². The van der Waals surface area contributed by atoms with Gasteiger partial charge >= 0.3 is 0 Å². The SMILES string of the molecule is Cc1ccc(N2C[C@H](C(=O)NNC(=O)c3ccc(Cl)cc3)CC2=O)cc1Cl. The lowest BCUT2D eigenvalue weighted by Crippen LogP contribution is -2.45. The second-order valence-corrected chi connectivity index (χ2v) is 7.13. The lowest BCUT2D eigenvalue weighted by molar-refractivity contribution is -0.126. The summed E-state index contributed by atoms with van der Waals surface area (Å²) in [7, 11) is 0. The van der Waals surface area contributed by atoms with Crippen LogP contribution in [0, 0.1) is 12.8 Å². The van der Waals surface area contributed by atoms with Crippen LogP contribution in [0.1, 0.15) is 22.3 Å². The van der Waals surface area contributed by atoms with Crippen molar-refractivity contribution in [3.8, 4) is 0 Å². The standard InChI is InChI=1S/C19H17Cl2N3O3/c1-11-2-7-15(9-16(11)21)24-10-13(8-17(24)25)19(27)23-22-18(26)12-3-5-14(20)6-4-12/h2-7,9,13H,8,10H2,1H3,(H,22,26)(H,23,27)/t13-/m1/s1. The minimum absolute atomic E-state index is 0.0636. The number of hydrogen-bond donors (Lipinski definition) is 2. The Bertz CT molecular complexity index is 900. The lowest BCUT2D eigenvalue weighted by Gasteiger charge is -2.17. The van der Waals surface area contributed by atoms with Gasteiger partial charge in [-0.15, -0.1) is 0 Å². The molecule has 0 saturated carbocycles. The summed E-state index contributed by atoms with van der Waals surface area (Å²) in [6.45, 7) is 2.10. The third-order valence-corrected chi connectivity index (χ3v) is 5.03. The summed E-state index contributed by atoms with van der Waals surface area (Å²) in [5, 5.41) is 1.07. The molecule has 140 valence electrons. The minimum atomic E-state index is -0.567. The number of hydrazine groups is 1. The summed E-state index contributed by atoms with van der Waals surface area (Å²) < 4.78 is 0. The number of hydrogen-bond acceptors (Lipinski definition) is 3. The van der Waals surface area contributed by atoms with Crippen LogP contribution >= 0.6 is 23.2 Å². The Morgan fingerprint density at radius 2 is 1.78 bits per heavy atom. The second kappa shape index (κ2) is 7.98. The van der Waals surface area contributed by atoms with Crippen LogP contribution in [-0.2, 0) is 9.59 Å². The first-order valence-electron chi connectivity index (χ1n) is 8.27. The van der Waals surface area contributed by atoms with Gasteiger partial charge in [-0.3, -0.25) is 25.2 Å². The van der Waals surface area contributed by atoms with E-state index in [-0.39, 0.29) is 18.9 Å². The van der Waals surface area contributed by atoms with Crippen LogP contribution in [0.4, 0.5) is 5.69 Å². The van der Waals surface area contributed by atoms with Crippen LogP contribution in [0.15, 0.2) is 42.5 Å². The van der Waals surface area contributed by atoms with Gasteiger partial charge in [0.25, 0.3) is 5.91 Å². The van der Waals surface area contributed by atoms with Crippen molar-refractivity contribution in [2.45, 2.75) is 13.3 Å². The molecule has 3 rings (SSSR count). The first-order valence-corrected chi connectivity index (χ1v) is 9.03. The number of aryl methyl sites for hydroxylation is 1. The average molecular weight is 406 g/mol. The van der Waals surface area contributed by atoms with E-state index in [2.05, 4.69) is 10.9 Å². The molecule has 2 N–H and O–H groups in total. The first kappa shape index (κ1) is 19.2. The highest BCUT2D eigenvalue weighted by molar-refractivity contribution is 6.31. The summed E-state index contributed by atoms with van der Waals surface area (Å²) in [5.41, 5.74) is 6.64. The number of anilines is 1. The van der Waals surface area contributed by atoms with Crippen LogP contribution in [0.25, 0.3) is 0 Å². The lowest BCUT2D eigenvalue weighted by atomic mass is 10.1. The molecule has 1 heterocycles. The fourth-order valence-corrected chi connectivity index (χ4v) is 3.08. The van der Waals surface area contributed by atoms with Crippen molar-refractivity contribution >= 4 is 46.6 Å². The maximum Gasteiger partial charge on any atom is 0.269 e. The summed E-state index contributed by atoms with van der Waals surface area (Å²) >= 11 is 11.9. The number of carbonyl (C=O) groups excluding carboxylic acids is 3. The third kappa shape index (κ3) is 4.40. The number of halogens is 2. The highest BCUT2D eigenvalue weighted by Crippen LogP contribution is 2.28. The summed E-state index contributed by atoms with van der Waals surface area (Å²) in [4.78, 5) is 38.2. The number of nitrogens with zero attached hydrogens (tertiary/aromatic N) is 1. The Morgan fingerprint density at radius 3 is 2.44 bits per heavy atom. The molecular formula is C19H17Cl2N3O3. The molecule has 8 heteroatoms. The monoisotopic (exact) mass is 405 g/mol. The number of nitrogens with one attached hydrogen (secondary N) is 2. The van der Waals surface area contributed by atoms with Crippen LogP contribution in [0.3, 0.4) is 0 Å². The van der Waals surface area contributed by atoms with E-state index >= 15 is 0 Å². The fraction of sp³-hybridized carbons (Fsp3) is 0.211. The summed E-state index contributed by atoms with van der Waals surface area (Å²) in [5.74, 6) is -1.62. The van der Waals surface area contributed by atoms with Crippen molar-refractivity contribution in [2.75, 3.05) is 11.4 Å². The fourth-order valence-electron chi connectivity index (χ4n) is 2.78. The van der Waals surface area contributed by atoms with Crippen molar-refractivity contribution in [1.82, 2.24) is 10.9 Å². The van der Waals surface area contributed by atoms with E-state index in [4.69, 9.17) is 23.2 Å². The summed E-state index contributed by atoms with van der Waals surface area (Å²) in [6.07, 6.45) is 0.0636. The van der Waals surface area contributed by atoms with E-state index in [1.807, 2.05) is 13.0 Å². The average Bonchev–Trinajstić information content (AvgIpc) is 3.04. The molecule has 1 aliphatic rings. The minimum Gasteiger partial charge on any atom is -0.312 e. The van der Waals surface area contributed by atoms with Crippen molar-refractivity contribution in [1.29, 1.82) is 0 Å². The third-order valence-electron chi connectivity index (χ3n) is 4.37. The number of rotatable bonds is 3. The van der Waals surface area contributed by atoms with Crippen LogP contribution in [0.2, 0.25) is 10.0 Å². The molecule has 1 fully saturated rings. The molecule has 0 bridgehead atoms. The Kier molecular flexibility index (Phi) is 5.68. The predicted molar refractivity (Wildman–Crippen MR) is 104 cm³/mol. The van der Waals surface area contributed by atoms with E-state index in [1.165, 1.54) is 4.90 Å². The van der Waals surface area contributed by atoms with Gasteiger partial charge in [0.05, 0.1) is 5.92 Å². The zero-order valence-corrected chi connectivity index (χ0v) is 16.0. The van der Waals surface area contributed by atoms with E-state index < -0.39 is 17.7 Å². The van der Waals surface area contributed by atoms with E-state index in [0.717, 1.165) is 5.56 Å². The maximum atomic E-state index is 12.3. The highest BCUT2D eigenvalue weighted by atomic mass is 35.5. The zero-order chi connectivity index (χ0) is 19.6. The molecule has 1 atom stereocenters. The number of carbonyl (C=O) groups is 3. The van der Waals surface area contributed by atoms with Crippen LogP contribution in [0.5, 0.6) is 0 Å². The molecule has 0 aliphatic carbocycles. The van der Waals surface area contributed by atoms with Crippen LogP contribution < -0.4 is 15.8 Å². The molecule has 0 radical (unpaired) electrons. The van der Waals surface area contributed by atoms with Gasteiger partial charge in [-0.05, 0) is 48.9 Å². The van der Waals surface area contributed by atoms with Crippen molar-refractivity contribution < 1.29 is 14.4 Å². The van der Waals surface area contributed by atoms with Crippen molar-refractivity contribution in [3.63, 3.8) is 0 Å². The van der Waals surface area contributed by atoms with Gasteiger partial charge in [-0.25, -0.2) is 0 Å². The normalized spacial score (nSPS) is 16.3. The van der Waals surface area contributed by atoms with E-state index in [0.29, 0.717) is 21.3 Å². The van der Waals surface area contributed by atoms with Gasteiger partial charge in [0.1, 0.15) is 0 Å². The molecule has 6 nitrogen and oxygen atoms in total. The molecule has 3 amide bonds. The van der Waals surface area contributed by atoms with Gasteiger partial charge in [-0.2, -0.15) is 0 Å². The smallest absolute Gasteiger partial charge is 0.269 e. The molecule has 0 spiro atoms. The molecule has 2 aromatic rings. The molecule has 1 saturated heterocycles. The van der Waals surface area contributed by atoms with E-state index in [1.54, 1.807) is 36.4 Å². The first-order chi connectivity index (χ1) is 12.8. The zero-order valence-electron chi connectivity index (χ0n) is 14.5. The van der Waals surface area contributed by atoms with Gasteiger partial charge in [0, 0.05) is 34.3 Å². The van der Waals surface area contributed by atoms with Crippen molar-refractivity contribution in [3.05, 3.63) is 63.6 Å². The Labute approximate surface area is 166 Å². The molecule has 2 aromatic carbocycles. The quantitative estimate of drug-likeness (QED) is 0.769. The van der Waals surface area contributed by atoms with Gasteiger partial charge in [-0.1, -0.05) is 29.3 Å². The predicted octanol–water partition coefficient (Wildman–Crippen LogP) is 3.12.